The van der Waals surface area contributed by atoms with E-state index in [0.717, 1.165) is 9.88 Å². The lowest BCUT2D eigenvalue weighted by molar-refractivity contribution is -0.158. The first-order valence-electron chi connectivity index (χ1n) is 7.05. The number of hydrogen-bond acceptors (Lipinski definition) is 5. The molecule has 6 nitrogen and oxygen atoms in total. The second kappa shape index (κ2) is 6.58. The highest BCUT2D eigenvalue weighted by molar-refractivity contribution is 7.12. The molecule has 0 saturated carbocycles. The molecule has 0 spiro atoms. The molecule has 2 rings (SSSR count). The summed E-state index contributed by atoms with van der Waals surface area (Å²) in [7, 11) is 0. The zero-order valence-electron chi connectivity index (χ0n) is 12.9. The molecule has 0 radical (unpaired) electrons. The zero-order chi connectivity index (χ0) is 16.3. The maximum absolute atomic E-state index is 12.1. The van der Waals surface area contributed by atoms with Crippen molar-refractivity contribution >= 4 is 29.3 Å². The third-order valence-corrected chi connectivity index (χ3v) is 4.60. The number of carboxylic acids is 1. The number of nitrogens with zero attached hydrogens (tertiary/aromatic N) is 2. The first-order chi connectivity index (χ1) is 10.3. The maximum Gasteiger partial charge on any atom is 0.334 e. The number of thiazole rings is 1. The Bertz CT molecular complexity index is 589. The highest BCUT2D eigenvalue weighted by Crippen LogP contribution is 2.27. The van der Waals surface area contributed by atoms with E-state index in [1.165, 1.54) is 11.0 Å². The largest absolute Gasteiger partial charge is 0.479 e. The Morgan fingerprint density at radius 1 is 1.50 bits per heavy atom. The van der Waals surface area contributed by atoms with Crippen LogP contribution in [0.2, 0.25) is 0 Å². The Balaban J connectivity index is 1.99. The van der Waals surface area contributed by atoms with E-state index in [1.807, 2.05) is 0 Å². The van der Waals surface area contributed by atoms with Crippen LogP contribution in [0.1, 0.15) is 30.7 Å². The summed E-state index contributed by atoms with van der Waals surface area (Å²) < 4.78 is 5.10. The number of aliphatic carboxylic acids is 1. The molecule has 1 fully saturated rings. The average Bonchev–Trinajstić information content (AvgIpc) is 2.94. The first kappa shape index (κ1) is 16.6. The van der Waals surface area contributed by atoms with E-state index >= 15 is 0 Å². The standard InChI is InChI=1S/C15H20N2O4S/c1-15(2,3)14-16-8-10(22-14)4-5-12(18)17-6-7-21-11(9-17)13(19)20/h4-5,8,11H,6-7,9H2,1-3H3,(H,19,20)/b5-4+. The summed E-state index contributed by atoms with van der Waals surface area (Å²) >= 11 is 1.55. The molecular weight excluding hydrogens is 304 g/mol. The predicted octanol–water partition coefficient (Wildman–Crippen LogP) is 1.77. The van der Waals surface area contributed by atoms with Gasteiger partial charge in [0.2, 0.25) is 5.91 Å². The van der Waals surface area contributed by atoms with Gasteiger partial charge in [-0.15, -0.1) is 11.3 Å². The van der Waals surface area contributed by atoms with Gasteiger partial charge in [0.05, 0.1) is 18.2 Å². The quantitative estimate of drug-likeness (QED) is 0.857. The fourth-order valence-corrected chi connectivity index (χ4v) is 2.84. The summed E-state index contributed by atoms with van der Waals surface area (Å²) in [6, 6.07) is 0. The van der Waals surface area contributed by atoms with Crippen LogP contribution in [0, 0.1) is 0 Å². The van der Waals surface area contributed by atoms with Crippen molar-refractivity contribution in [3.05, 3.63) is 22.2 Å². The van der Waals surface area contributed by atoms with Gasteiger partial charge in [-0.3, -0.25) is 4.79 Å². The molecule has 0 aromatic carbocycles. The fourth-order valence-electron chi connectivity index (χ4n) is 1.97. The lowest BCUT2D eigenvalue weighted by atomic mass is 9.98. The summed E-state index contributed by atoms with van der Waals surface area (Å²) in [5, 5.41) is 9.95. The van der Waals surface area contributed by atoms with E-state index in [0.29, 0.717) is 6.54 Å². The van der Waals surface area contributed by atoms with Crippen molar-refractivity contribution in [2.45, 2.75) is 32.3 Å². The Hall–Kier alpha value is -1.73. The molecule has 1 aromatic heterocycles. The molecule has 1 unspecified atom stereocenters. The van der Waals surface area contributed by atoms with Gasteiger partial charge in [0, 0.05) is 29.1 Å². The number of carbonyl (C=O) groups excluding carboxylic acids is 1. The van der Waals surface area contributed by atoms with Crippen molar-refractivity contribution in [3.63, 3.8) is 0 Å². The minimum atomic E-state index is -1.04. The van der Waals surface area contributed by atoms with Crippen LogP contribution in [-0.2, 0) is 19.7 Å². The molecule has 22 heavy (non-hydrogen) atoms. The second-order valence-electron chi connectivity index (χ2n) is 6.13. The third kappa shape index (κ3) is 4.14. The van der Waals surface area contributed by atoms with E-state index in [-0.39, 0.29) is 24.5 Å². The Kier molecular flexibility index (Phi) is 4.97. The van der Waals surface area contributed by atoms with E-state index < -0.39 is 12.1 Å². The highest BCUT2D eigenvalue weighted by atomic mass is 32.1. The van der Waals surface area contributed by atoms with Crippen LogP contribution in [0.15, 0.2) is 12.3 Å². The van der Waals surface area contributed by atoms with Gasteiger partial charge >= 0.3 is 5.97 Å². The molecule has 0 aliphatic carbocycles. The Morgan fingerprint density at radius 2 is 2.23 bits per heavy atom. The molecule has 1 atom stereocenters. The summed E-state index contributed by atoms with van der Waals surface area (Å²) in [4.78, 5) is 29.8. The van der Waals surface area contributed by atoms with Gasteiger partial charge in [0.1, 0.15) is 0 Å². The molecule has 1 saturated heterocycles. The number of rotatable bonds is 3. The van der Waals surface area contributed by atoms with Crippen molar-refractivity contribution in [2.24, 2.45) is 0 Å². The topological polar surface area (TPSA) is 79.7 Å². The number of aromatic nitrogens is 1. The third-order valence-electron chi connectivity index (χ3n) is 3.21. The van der Waals surface area contributed by atoms with E-state index in [2.05, 4.69) is 25.8 Å². The van der Waals surface area contributed by atoms with Gasteiger partial charge in [-0.25, -0.2) is 9.78 Å². The smallest absolute Gasteiger partial charge is 0.334 e. The van der Waals surface area contributed by atoms with Crippen molar-refractivity contribution in [1.29, 1.82) is 0 Å². The molecule has 120 valence electrons. The average molecular weight is 324 g/mol. The predicted molar refractivity (Wildman–Crippen MR) is 83.8 cm³/mol. The lowest BCUT2D eigenvalue weighted by Crippen LogP contribution is -2.48. The number of hydrogen-bond donors (Lipinski definition) is 1. The zero-order valence-corrected chi connectivity index (χ0v) is 13.7. The fraction of sp³-hybridized carbons (Fsp3) is 0.533. The van der Waals surface area contributed by atoms with Gasteiger partial charge in [-0.2, -0.15) is 0 Å². The van der Waals surface area contributed by atoms with Gasteiger partial charge in [-0.05, 0) is 6.08 Å². The Morgan fingerprint density at radius 3 is 2.82 bits per heavy atom. The SMILES string of the molecule is CC(C)(C)c1ncc(/C=C/C(=O)N2CCOC(C(=O)O)C2)s1. The van der Waals surface area contributed by atoms with Gasteiger partial charge in [-0.1, -0.05) is 20.8 Å². The summed E-state index contributed by atoms with van der Waals surface area (Å²) in [5.74, 6) is -1.25. The molecule has 1 amide bonds. The molecule has 2 heterocycles. The van der Waals surface area contributed by atoms with Crippen LogP contribution in [0.5, 0.6) is 0 Å². The van der Waals surface area contributed by atoms with Crippen LogP contribution < -0.4 is 0 Å². The highest BCUT2D eigenvalue weighted by Gasteiger charge is 2.28. The van der Waals surface area contributed by atoms with E-state index in [1.54, 1.807) is 23.6 Å². The lowest BCUT2D eigenvalue weighted by Gasteiger charge is -2.30. The molecule has 1 aliphatic heterocycles. The summed E-state index contributed by atoms with van der Waals surface area (Å²) in [6.45, 7) is 6.99. The molecule has 1 N–H and O–H groups in total. The summed E-state index contributed by atoms with van der Waals surface area (Å²) in [6.07, 6.45) is 3.99. The minimum absolute atomic E-state index is 0.0142. The Labute approximate surface area is 133 Å². The minimum Gasteiger partial charge on any atom is -0.479 e. The van der Waals surface area contributed by atoms with Crippen LogP contribution in [0.3, 0.4) is 0 Å². The molecule has 1 aromatic rings. The molecule has 1 aliphatic rings. The van der Waals surface area contributed by atoms with Crippen LogP contribution in [-0.4, -0.2) is 52.7 Å². The normalized spacial score (nSPS) is 19.6. The number of amides is 1. The van der Waals surface area contributed by atoms with Gasteiger partial charge < -0.3 is 14.7 Å². The van der Waals surface area contributed by atoms with Crippen LogP contribution in [0.25, 0.3) is 6.08 Å². The van der Waals surface area contributed by atoms with Gasteiger partial charge in [0.25, 0.3) is 0 Å². The second-order valence-corrected chi connectivity index (χ2v) is 7.20. The first-order valence-corrected chi connectivity index (χ1v) is 7.87. The molecular formula is C15H20N2O4S. The summed E-state index contributed by atoms with van der Waals surface area (Å²) in [5.41, 5.74) is -0.0142. The number of ether oxygens (including phenoxy) is 1. The number of carbonyl (C=O) groups is 2. The maximum atomic E-state index is 12.1. The van der Waals surface area contributed by atoms with Crippen molar-refractivity contribution in [2.75, 3.05) is 19.7 Å². The van der Waals surface area contributed by atoms with Crippen LogP contribution in [0.4, 0.5) is 0 Å². The molecule has 0 bridgehead atoms. The van der Waals surface area contributed by atoms with Gasteiger partial charge in [0.15, 0.2) is 6.10 Å². The monoisotopic (exact) mass is 324 g/mol. The van der Waals surface area contributed by atoms with E-state index in [4.69, 9.17) is 9.84 Å². The number of morpholine rings is 1. The number of carboxylic acid groups (broad SMARTS) is 1. The van der Waals surface area contributed by atoms with Crippen molar-refractivity contribution in [1.82, 2.24) is 9.88 Å². The van der Waals surface area contributed by atoms with Crippen molar-refractivity contribution < 1.29 is 19.4 Å². The van der Waals surface area contributed by atoms with Crippen molar-refractivity contribution in [3.8, 4) is 0 Å². The molecule has 7 heteroatoms. The van der Waals surface area contributed by atoms with E-state index in [9.17, 15) is 9.59 Å². The van der Waals surface area contributed by atoms with Crippen LogP contribution >= 0.6 is 11.3 Å².